The molecule has 3 aromatic rings. The van der Waals surface area contributed by atoms with Crippen LogP contribution in [-0.2, 0) is 6.42 Å². The number of pyridine rings is 1. The average Bonchev–Trinajstić information content (AvgIpc) is 2.94. The molecule has 0 unspecified atom stereocenters. The van der Waals surface area contributed by atoms with E-state index in [4.69, 9.17) is 22.9 Å². The monoisotopic (exact) mass is 296 g/mol. The van der Waals surface area contributed by atoms with E-state index in [1.165, 1.54) is 0 Å². The zero-order chi connectivity index (χ0) is 14.8. The summed E-state index contributed by atoms with van der Waals surface area (Å²) in [7, 11) is 0. The average molecular weight is 296 g/mol. The molecule has 2 N–H and O–H groups in total. The maximum Gasteiger partial charge on any atom is 0.139 e. The molecule has 0 atom stereocenters. The summed E-state index contributed by atoms with van der Waals surface area (Å²) in [6.45, 7) is 2.13. The van der Waals surface area contributed by atoms with Crippen LogP contribution in [0.5, 0.6) is 0 Å². The maximum absolute atomic E-state index is 5.88. The second kappa shape index (κ2) is 5.61. The Morgan fingerprint density at radius 3 is 2.90 bits per heavy atom. The molecule has 1 aromatic carbocycles. The molecular weight excluding hydrogens is 280 g/mol. The first-order valence-electron chi connectivity index (χ1n) is 6.93. The number of aromatic nitrogens is 3. The van der Waals surface area contributed by atoms with Crippen LogP contribution >= 0.6 is 12.2 Å². The summed E-state index contributed by atoms with van der Waals surface area (Å²) in [6.07, 6.45) is 5.66. The molecule has 0 aliphatic rings. The number of rotatable bonds is 4. The first kappa shape index (κ1) is 13.7. The highest BCUT2D eigenvalue weighted by Crippen LogP contribution is 2.21. The number of aryl methyl sites for hydroxylation is 1. The second-order valence-corrected chi connectivity index (χ2v) is 5.31. The number of thiocarbonyl (C=S) groups is 1. The third kappa shape index (κ3) is 2.52. The fourth-order valence-electron chi connectivity index (χ4n) is 2.44. The molecule has 21 heavy (non-hydrogen) atoms. The number of fused-ring (bicyclic) bond motifs is 1. The summed E-state index contributed by atoms with van der Waals surface area (Å²) in [4.78, 5) is 9.49. The molecule has 2 heterocycles. The Morgan fingerprint density at radius 2 is 2.14 bits per heavy atom. The molecule has 0 saturated heterocycles. The minimum atomic E-state index is 0.381. The second-order valence-electron chi connectivity index (χ2n) is 4.87. The van der Waals surface area contributed by atoms with E-state index in [1.54, 1.807) is 6.20 Å². The van der Waals surface area contributed by atoms with Crippen molar-refractivity contribution in [3.05, 3.63) is 54.1 Å². The van der Waals surface area contributed by atoms with Crippen LogP contribution in [-0.4, -0.2) is 19.5 Å². The van der Waals surface area contributed by atoms with E-state index in [0.717, 1.165) is 41.0 Å². The highest BCUT2D eigenvalue weighted by molar-refractivity contribution is 7.80. The van der Waals surface area contributed by atoms with Crippen molar-refractivity contribution in [1.29, 1.82) is 0 Å². The van der Waals surface area contributed by atoms with Gasteiger partial charge in [-0.1, -0.05) is 37.3 Å². The van der Waals surface area contributed by atoms with Crippen LogP contribution in [0.15, 0.2) is 42.7 Å². The number of hydrogen-bond acceptors (Lipinski definition) is 3. The lowest BCUT2D eigenvalue weighted by atomic mass is 10.1. The largest absolute Gasteiger partial charge is 0.389 e. The molecule has 0 amide bonds. The highest BCUT2D eigenvalue weighted by atomic mass is 32.1. The van der Waals surface area contributed by atoms with Gasteiger partial charge in [0.05, 0.1) is 5.52 Å². The topological polar surface area (TPSA) is 56.7 Å². The van der Waals surface area contributed by atoms with Crippen LogP contribution in [0.2, 0.25) is 0 Å². The number of nitrogens with two attached hydrogens (primary N) is 1. The van der Waals surface area contributed by atoms with E-state index in [1.807, 2.05) is 41.1 Å². The first-order valence-corrected chi connectivity index (χ1v) is 7.33. The Morgan fingerprint density at radius 1 is 1.33 bits per heavy atom. The van der Waals surface area contributed by atoms with Crippen LogP contribution in [0.4, 0.5) is 0 Å². The Labute approximate surface area is 128 Å². The van der Waals surface area contributed by atoms with Crippen LogP contribution in [0.25, 0.3) is 16.7 Å². The van der Waals surface area contributed by atoms with Crippen LogP contribution < -0.4 is 5.73 Å². The van der Waals surface area contributed by atoms with Crippen LogP contribution in [0.1, 0.15) is 24.7 Å². The number of imidazole rings is 1. The van der Waals surface area contributed by atoms with Gasteiger partial charge < -0.3 is 5.73 Å². The summed E-state index contributed by atoms with van der Waals surface area (Å²) in [5, 5.41) is 0.978. The third-order valence-electron chi connectivity index (χ3n) is 3.41. The predicted octanol–water partition coefficient (Wildman–Crippen LogP) is 3.01. The van der Waals surface area contributed by atoms with Gasteiger partial charge in [-0.05, 0) is 18.6 Å². The Kier molecular flexibility index (Phi) is 3.66. The molecule has 0 bridgehead atoms. The van der Waals surface area contributed by atoms with Gasteiger partial charge in [0.2, 0.25) is 0 Å². The van der Waals surface area contributed by atoms with E-state index < -0.39 is 0 Å². The Balaban J connectivity index is 2.24. The molecule has 0 radical (unpaired) electrons. The predicted molar refractivity (Wildman–Crippen MR) is 88.7 cm³/mol. The molecule has 106 valence electrons. The van der Waals surface area contributed by atoms with Crippen LogP contribution in [0, 0.1) is 0 Å². The molecule has 0 aliphatic carbocycles. The smallest absolute Gasteiger partial charge is 0.139 e. The SMILES string of the molecule is CCCc1nccn1-c1cc(C(N)=S)c2ccccc2n1. The van der Waals surface area contributed by atoms with Crippen molar-refractivity contribution in [3.63, 3.8) is 0 Å². The minimum absolute atomic E-state index is 0.381. The zero-order valence-electron chi connectivity index (χ0n) is 11.8. The Bertz CT molecular complexity index is 807. The molecule has 0 saturated carbocycles. The fraction of sp³-hybridized carbons (Fsp3) is 0.188. The summed E-state index contributed by atoms with van der Waals surface area (Å²) in [6, 6.07) is 9.82. The van der Waals surface area contributed by atoms with Gasteiger partial charge in [-0.2, -0.15) is 0 Å². The lowest BCUT2D eigenvalue weighted by Gasteiger charge is -2.11. The summed E-state index contributed by atoms with van der Waals surface area (Å²) >= 11 is 5.19. The Hall–Kier alpha value is -2.27. The van der Waals surface area contributed by atoms with Gasteiger partial charge in [-0.25, -0.2) is 9.97 Å². The molecule has 5 heteroatoms. The fourth-order valence-corrected chi connectivity index (χ4v) is 2.61. The van der Waals surface area contributed by atoms with Crippen molar-refractivity contribution in [3.8, 4) is 5.82 Å². The molecule has 0 fully saturated rings. The van der Waals surface area contributed by atoms with Gasteiger partial charge in [0.25, 0.3) is 0 Å². The minimum Gasteiger partial charge on any atom is -0.389 e. The third-order valence-corrected chi connectivity index (χ3v) is 3.63. The van der Waals surface area contributed by atoms with E-state index in [0.29, 0.717) is 4.99 Å². The van der Waals surface area contributed by atoms with Gasteiger partial charge in [0.1, 0.15) is 16.6 Å². The molecule has 3 rings (SSSR count). The van der Waals surface area contributed by atoms with Gasteiger partial charge in [-0.15, -0.1) is 0 Å². The van der Waals surface area contributed by atoms with Crippen LogP contribution in [0.3, 0.4) is 0 Å². The molecule has 2 aromatic heterocycles. The standard InChI is InChI=1S/C16H16N4S/c1-2-5-14-18-8-9-20(14)15-10-12(16(17)21)11-6-3-4-7-13(11)19-15/h3-4,6-10H,2,5H2,1H3,(H2,17,21). The number of benzene rings is 1. The van der Waals surface area contributed by atoms with Crippen molar-refractivity contribution >= 4 is 28.1 Å². The number of nitrogens with zero attached hydrogens (tertiary/aromatic N) is 3. The van der Waals surface area contributed by atoms with Crippen molar-refractivity contribution < 1.29 is 0 Å². The summed E-state index contributed by atoms with van der Waals surface area (Å²) in [5.41, 5.74) is 7.61. The van der Waals surface area contributed by atoms with E-state index in [9.17, 15) is 0 Å². The van der Waals surface area contributed by atoms with Gasteiger partial charge in [-0.3, -0.25) is 4.57 Å². The normalized spacial score (nSPS) is 10.9. The highest BCUT2D eigenvalue weighted by Gasteiger charge is 2.11. The van der Waals surface area contributed by atoms with E-state index in [2.05, 4.69) is 11.9 Å². The van der Waals surface area contributed by atoms with E-state index in [-0.39, 0.29) is 0 Å². The molecular formula is C16H16N4S. The van der Waals surface area contributed by atoms with Gasteiger partial charge in [0.15, 0.2) is 0 Å². The molecule has 4 nitrogen and oxygen atoms in total. The number of hydrogen-bond donors (Lipinski definition) is 1. The van der Waals surface area contributed by atoms with Crippen molar-refractivity contribution in [1.82, 2.24) is 14.5 Å². The van der Waals surface area contributed by atoms with E-state index >= 15 is 0 Å². The van der Waals surface area contributed by atoms with Crippen molar-refractivity contribution in [2.75, 3.05) is 0 Å². The summed E-state index contributed by atoms with van der Waals surface area (Å²) < 4.78 is 2.00. The molecule has 0 aliphatic heterocycles. The number of para-hydroxylation sites is 1. The maximum atomic E-state index is 5.88. The lowest BCUT2D eigenvalue weighted by molar-refractivity contribution is 0.800. The summed E-state index contributed by atoms with van der Waals surface area (Å²) in [5.74, 6) is 1.80. The van der Waals surface area contributed by atoms with Crippen molar-refractivity contribution in [2.45, 2.75) is 19.8 Å². The van der Waals surface area contributed by atoms with Gasteiger partial charge >= 0.3 is 0 Å². The quantitative estimate of drug-likeness (QED) is 0.752. The molecule has 0 spiro atoms. The van der Waals surface area contributed by atoms with Crippen molar-refractivity contribution in [2.24, 2.45) is 5.73 Å². The zero-order valence-corrected chi connectivity index (χ0v) is 12.6. The first-order chi connectivity index (χ1) is 10.2. The lowest BCUT2D eigenvalue weighted by Crippen LogP contribution is -2.12. The van der Waals surface area contributed by atoms with Gasteiger partial charge in [0, 0.05) is 29.8 Å².